The van der Waals surface area contributed by atoms with E-state index in [9.17, 15) is 4.79 Å². The van der Waals surface area contributed by atoms with Crippen LogP contribution in [-0.2, 0) is 4.79 Å². The van der Waals surface area contributed by atoms with E-state index in [1.807, 2.05) is 0 Å². The third kappa shape index (κ3) is 5.30. The number of piperidine rings is 1. The quantitative estimate of drug-likeness (QED) is 0.837. The number of rotatable bonds is 6. The number of ether oxygens (including phenoxy) is 1. The summed E-state index contributed by atoms with van der Waals surface area (Å²) in [4.78, 5) is 14.6. The first kappa shape index (κ1) is 17.9. The van der Waals surface area contributed by atoms with E-state index in [-0.39, 0.29) is 12.5 Å². The van der Waals surface area contributed by atoms with Gasteiger partial charge in [-0.05, 0) is 68.3 Å². The summed E-state index contributed by atoms with van der Waals surface area (Å²) in [5, 5.41) is 3.67. The molecule has 2 heterocycles. The van der Waals surface area contributed by atoms with Gasteiger partial charge < -0.3 is 10.1 Å². The molecule has 3 rings (SSSR count). The number of nitrogens with zero attached hydrogens (tertiary/aromatic N) is 1. The van der Waals surface area contributed by atoms with E-state index in [0.29, 0.717) is 16.7 Å². The zero-order valence-corrected chi connectivity index (χ0v) is 15.5. The van der Waals surface area contributed by atoms with Crippen LogP contribution in [0.4, 0.5) is 0 Å². The topological polar surface area (TPSA) is 41.6 Å². The number of benzene rings is 1. The summed E-state index contributed by atoms with van der Waals surface area (Å²) in [5.74, 6) is 3.81. The van der Waals surface area contributed by atoms with Crippen LogP contribution in [-0.4, -0.2) is 54.6 Å². The fourth-order valence-corrected chi connectivity index (χ4v) is 4.70. The third-order valence-corrected chi connectivity index (χ3v) is 6.24. The first-order chi connectivity index (χ1) is 11.7. The predicted molar refractivity (Wildman–Crippen MR) is 100.0 cm³/mol. The lowest BCUT2D eigenvalue weighted by Crippen LogP contribution is -2.44. The van der Waals surface area contributed by atoms with Crippen LogP contribution >= 0.6 is 23.4 Å². The second kappa shape index (κ2) is 8.97. The fourth-order valence-electron chi connectivity index (χ4n) is 3.32. The fraction of sp³-hybridized carbons (Fsp3) is 0.611. The highest BCUT2D eigenvalue weighted by molar-refractivity contribution is 7.99. The molecule has 6 heteroatoms. The summed E-state index contributed by atoms with van der Waals surface area (Å²) >= 11 is 7.90. The Labute approximate surface area is 153 Å². The molecule has 0 spiro atoms. The molecular weight excluding hydrogens is 344 g/mol. The van der Waals surface area contributed by atoms with Crippen LogP contribution in [0.1, 0.15) is 19.3 Å². The summed E-state index contributed by atoms with van der Waals surface area (Å²) in [6.45, 7) is 3.16. The van der Waals surface area contributed by atoms with E-state index >= 15 is 0 Å². The largest absolute Gasteiger partial charge is 0.484 e. The van der Waals surface area contributed by atoms with Crippen LogP contribution < -0.4 is 10.1 Å². The molecule has 0 saturated carbocycles. The minimum atomic E-state index is -0.0560. The molecule has 4 nitrogen and oxygen atoms in total. The number of hydrogen-bond acceptors (Lipinski definition) is 4. The van der Waals surface area contributed by atoms with E-state index in [1.165, 1.54) is 43.9 Å². The van der Waals surface area contributed by atoms with Gasteiger partial charge in [0.25, 0.3) is 5.91 Å². The summed E-state index contributed by atoms with van der Waals surface area (Å²) in [6, 6.07) is 7.84. The van der Waals surface area contributed by atoms with Gasteiger partial charge in [-0.3, -0.25) is 9.69 Å². The second-order valence-electron chi connectivity index (χ2n) is 6.54. The smallest absolute Gasteiger partial charge is 0.257 e. The van der Waals surface area contributed by atoms with Gasteiger partial charge in [-0.2, -0.15) is 11.8 Å². The first-order valence-electron chi connectivity index (χ1n) is 8.67. The van der Waals surface area contributed by atoms with Crippen LogP contribution in [0, 0.1) is 5.92 Å². The number of amides is 1. The van der Waals surface area contributed by atoms with Crippen molar-refractivity contribution in [2.75, 3.05) is 37.7 Å². The van der Waals surface area contributed by atoms with Gasteiger partial charge in [0.1, 0.15) is 5.75 Å². The molecule has 0 aromatic heterocycles. The van der Waals surface area contributed by atoms with Crippen molar-refractivity contribution >= 4 is 29.3 Å². The van der Waals surface area contributed by atoms with Crippen molar-refractivity contribution in [3.63, 3.8) is 0 Å². The summed E-state index contributed by atoms with van der Waals surface area (Å²) in [6.07, 6.45) is 3.70. The van der Waals surface area contributed by atoms with Gasteiger partial charge in [-0.15, -0.1) is 0 Å². The van der Waals surface area contributed by atoms with Gasteiger partial charge in [0, 0.05) is 23.4 Å². The molecule has 1 aromatic rings. The first-order valence-corrected chi connectivity index (χ1v) is 10.2. The number of halogens is 1. The lowest BCUT2D eigenvalue weighted by atomic mass is 9.95. The Hall–Kier alpha value is -0.910. The van der Waals surface area contributed by atoms with Gasteiger partial charge in [-0.25, -0.2) is 0 Å². The molecule has 2 saturated heterocycles. The van der Waals surface area contributed by atoms with Crippen molar-refractivity contribution in [1.29, 1.82) is 0 Å². The van der Waals surface area contributed by atoms with Crippen molar-refractivity contribution in [3.8, 4) is 5.75 Å². The van der Waals surface area contributed by atoms with E-state index in [4.69, 9.17) is 16.3 Å². The highest BCUT2D eigenvalue weighted by Gasteiger charge is 2.27. The number of thioether (sulfide) groups is 1. The Balaban J connectivity index is 1.31. The maximum atomic E-state index is 11.9. The molecule has 0 unspecified atom stereocenters. The van der Waals surface area contributed by atoms with Gasteiger partial charge in [0.2, 0.25) is 0 Å². The SMILES string of the molecule is O=C(COc1ccc(Cl)cc1)NCC1CCN([C@H]2CCSC2)CC1. The third-order valence-electron chi connectivity index (χ3n) is 4.84. The molecule has 132 valence electrons. The lowest BCUT2D eigenvalue weighted by molar-refractivity contribution is -0.123. The molecule has 2 fully saturated rings. The van der Waals surface area contributed by atoms with Crippen molar-refractivity contribution in [2.45, 2.75) is 25.3 Å². The Morgan fingerprint density at radius 3 is 2.67 bits per heavy atom. The van der Waals surface area contributed by atoms with E-state index in [1.54, 1.807) is 24.3 Å². The Kier molecular flexibility index (Phi) is 6.69. The highest BCUT2D eigenvalue weighted by atomic mass is 35.5. The summed E-state index contributed by atoms with van der Waals surface area (Å²) in [5.41, 5.74) is 0. The molecule has 2 aliphatic heterocycles. The molecule has 1 N–H and O–H groups in total. The number of nitrogens with one attached hydrogen (secondary N) is 1. The second-order valence-corrected chi connectivity index (χ2v) is 8.13. The maximum Gasteiger partial charge on any atom is 0.257 e. The molecule has 1 aromatic carbocycles. The van der Waals surface area contributed by atoms with Crippen LogP contribution in [0.25, 0.3) is 0 Å². The van der Waals surface area contributed by atoms with Crippen LogP contribution in [0.15, 0.2) is 24.3 Å². The Bertz CT molecular complexity index is 526. The molecule has 0 bridgehead atoms. The molecule has 24 heavy (non-hydrogen) atoms. The van der Waals surface area contributed by atoms with Crippen molar-refractivity contribution < 1.29 is 9.53 Å². The normalized spacial score (nSPS) is 22.5. The average Bonchev–Trinajstić information content (AvgIpc) is 3.14. The maximum absolute atomic E-state index is 11.9. The lowest BCUT2D eigenvalue weighted by Gasteiger charge is -2.35. The molecule has 0 radical (unpaired) electrons. The number of likely N-dealkylation sites (tertiary alicyclic amines) is 1. The van der Waals surface area contributed by atoms with Crippen molar-refractivity contribution in [3.05, 3.63) is 29.3 Å². The molecular formula is C18H25ClN2O2S. The van der Waals surface area contributed by atoms with Crippen molar-refractivity contribution in [2.24, 2.45) is 5.92 Å². The zero-order chi connectivity index (χ0) is 16.8. The van der Waals surface area contributed by atoms with Gasteiger partial charge in [0.05, 0.1) is 0 Å². The van der Waals surface area contributed by atoms with Gasteiger partial charge in [-0.1, -0.05) is 11.6 Å². The van der Waals surface area contributed by atoms with Gasteiger partial charge >= 0.3 is 0 Å². The van der Waals surface area contributed by atoms with E-state index < -0.39 is 0 Å². The predicted octanol–water partition coefficient (Wildman–Crippen LogP) is 3.05. The Morgan fingerprint density at radius 1 is 1.25 bits per heavy atom. The molecule has 0 aliphatic carbocycles. The summed E-state index contributed by atoms with van der Waals surface area (Å²) in [7, 11) is 0. The molecule has 1 atom stereocenters. The van der Waals surface area contributed by atoms with Crippen LogP contribution in [0.5, 0.6) is 5.75 Å². The number of hydrogen-bond donors (Lipinski definition) is 1. The minimum absolute atomic E-state index is 0.0553. The number of carbonyl (C=O) groups is 1. The Morgan fingerprint density at radius 2 is 2.00 bits per heavy atom. The van der Waals surface area contributed by atoms with Crippen LogP contribution in [0.2, 0.25) is 5.02 Å². The van der Waals surface area contributed by atoms with E-state index in [2.05, 4.69) is 22.0 Å². The van der Waals surface area contributed by atoms with E-state index in [0.717, 1.165) is 12.6 Å². The summed E-state index contributed by atoms with van der Waals surface area (Å²) < 4.78 is 5.47. The minimum Gasteiger partial charge on any atom is -0.484 e. The average molecular weight is 369 g/mol. The highest BCUT2D eigenvalue weighted by Crippen LogP contribution is 2.26. The molecule has 2 aliphatic rings. The van der Waals surface area contributed by atoms with Gasteiger partial charge in [0.15, 0.2) is 6.61 Å². The molecule has 1 amide bonds. The number of carbonyl (C=O) groups excluding carboxylic acids is 1. The monoisotopic (exact) mass is 368 g/mol. The zero-order valence-electron chi connectivity index (χ0n) is 13.9. The standard InChI is InChI=1S/C18H25ClN2O2S/c19-15-1-3-17(4-2-15)23-12-18(22)20-11-14-5-8-21(9-6-14)16-7-10-24-13-16/h1-4,14,16H,5-13H2,(H,20,22)/t16-/m0/s1. The van der Waals surface area contributed by atoms with Crippen molar-refractivity contribution in [1.82, 2.24) is 10.2 Å². The van der Waals surface area contributed by atoms with Crippen LogP contribution in [0.3, 0.4) is 0 Å².